The first-order valence-corrected chi connectivity index (χ1v) is 4.42. The van der Waals surface area contributed by atoms with Gasteiger partial charge in [0.15, 0.2) is 5.78 Å². The number of ketones is 1. The summed E-state index contributed by atoms with van der Waals surface area (Å²) in [5.41, 5.74) is 6.50. The van der Waals surface area contributed by atoms with E-state index < -0.39 is 6.04 Å². The molecule has 0 saturated heterocycles. The molecule has 0 fully saturated rings. The van der Waals surface area contributed by atoms with Crippen molar-refractivity contribution in [1.82, 2.24) is 0 Å². The maximum Gasteiger partial charge on any atom is 0.151 e. The Bertz CT molecular complexity index is 298. The van der Waals surface area contributed by atoms with Crippen LogP contribution in [0.15, 0.2) is 28.7 Å². The largest absolute Gasteiger partial charge is 0.318 e. The Morgan fingerprint density at radius 2 is 2.08 bits per heavy atom. The molecule has 0 aliphatic rings. The predicted molar refractivity (Wildman–Crippen MR) is 51.8 cm³/mol. The number of hydrogen-bond donors (Lipinski definition) is 1. The highest BCUT2D eigenvalue weighted by Gasteiger charge is 2.12. The summed E-state index contributed by atoms with van der Waals surface area (Å²) in [6.07, 6.45) is 0. The molecule has 0 spiro atoms. The van der Waals surface area contributed by atoms with Crippen molar-refractivity contribution in [3.63, 3.8) is 0 Å². The van der Waals surface area contributed by atoms with E-state index in [1.54, 1.807) is 0 Å². The van der Waals surface area contributed by atoms with Crippen molar-refractivity contribution in [2.24, 2.45) is 5.73 Å². The number of halogens is 1. The van der Waals surface area contributed by atoms with E-state index >= 15 is 0 Å². The number of carbonyl (C=O) groups is 1. The minimum atomic E-state index is -0.513. The van der Waals surface area contributed by atoms with Crippen LogP contribution in [-0.2, 0) is 4.79 Å². The van der Waals surface area contributed by atoms with Gasteiger partial charge in [0.2, 0.25) is 0 Å². The Morgan fingerprint density at radius 1 is 1.50 bits per heavy atom. The highest BCUT2D eigenvalue weighted by molar-refractivity contribution is 9.10. The average molecular weight is 228 g/mol. The molecule has 3 heteroatoms. The molecule has 1 unspecified atom stereocenters. The van der Waals surface area contributed by atoms with E-state index in [2.05, 4.69) is 15.9 Å². The summed E-state index contributed by atoms with van der Waals surface area (Å²) in [6, 6.07) is 6.96. The molecule has 0 aromatic heterocycles. The molecule has 64 valence electrons. The van der Waals surface area contributed by atoms with Crippen LogP contribution in [0.5, 0.6) is 0 Å². The van der Waals surface area contributed by atoms with Gasteiger partial charge in [0.05, 0.1) is 6.04 Å². The van der Waals surface area contributed by atoms with E-state index in [0.717, 1.165) is 10.0 Å². The molecule has 1 aromatic carbocycles. The zero-order chi connectivity index (χ0) is 9.14. The van der Waals surface area contributed by atoms with E-state index in [4.69, 9.17) is 5.73 Å². The molecule has 1 atom stereocenters. The molecule has 0 bridgehead atoms. The predicted octanol–water partition coefficient (Wildman–Crippen LogP) is 2.04. The molecule has 1 rings (SSSR count). The molecule has 0 heterocycles. The van der Waals surface area contributed by atoms with E-state index in [9.17, 15) is 4.79 Å². The van der Waals surface area contributed by atoms with Crippen molar-refractivity contribution in [2.45, 2.75) is 13.0 Å². The fourth-order valence-corrected chi connectivity index (χ4v) is 1.48. The summed E-state index contributed by atoms with van der Waals surface area (Å²) in [7, 11) is 0. The highest BCUT2D eigenvalue weighted by atomic mass is 79.9. The van der Waals surface area contributed by atoms with Gasteiger partial charge in [-0.25, -0.2) is 0 Å². The van der Waals surface area contributed by atoms with Gasteiger partial charge in [0.1, 0.15) is 0 Å². The van der Waals surface area contributed by atoms with E-state index in [0.29, 0.717) is 0 Å². The first-order chi connectivity index (χ1) is 5.63. The van der Waals surface area contributed by atoms with Crippen LogP contribution >= 0.6 is 15.9 Å². The lowest BCUT2D eigenvalue weighted by Crippen LogP contribution is -2.18. The second-order valence-corrected chi connectivity index (χ2v) is 3.46. The van der Waals surface area contributed by atoms with E-state index in [-0.39, 0.29) is 5.78 Å². The smallest absolute Gasteiger partial charge is 0.151 e. The Morgan fingerprint density at radius 3 is 2.58 bits per heavy atom. The first-order valence-electron chi connectivity index (χ1n) is 3.63. The van der Waals surface area contributed by atoms with Crippen LogP contribution in [-0.4, -0.2) is 5.78 Å². The van der Waals surface area contributed by atoms with Crippen molar-refractivity contribution < 1.29 is 4.79 Å². The number of Topliss-reactive ketones (excluding diaryl/α,β-unsaturated/α-hetero) is 1. The Hall–Kier alpha value is -0.670. The third-order valence-electron chi connectivity index (χ3n) is 1.68. The normalized spacial score (nSPS) is 12.6. The van der Waals surface area contributed by atoms with Crippen molar-refractivity contribution in [1.29, 1.82) is 0 Å². The molecule has 1 aromatic rings. The van der Waals surface area contributed by atoms with Crippen molar-refractivity contribution >= 4 is 21.7 Å². The van der Waals surface area contributed by atoms with Crippen molar-refractivity contribution in [3.8, 4) is 0 Å². The van der Waals surface area contributed by atoms with Crippen LogP contribution in [0.25, 0.3) is 0 Å². The summed E-state index contributed by atoms with van der Waals surface area (Å²) >= 11 is 3.33. The third kappa shape index (κ3) is 1.93. The second kappa shape index (κ2) is 3.83. The molecule has 0 radical (unpaired) electrons. The molecule has 2 nitrogen and oxygen atoms in total. The van der Waals surface area contributed by atoms with Gasteiger partial charge >= 0.3 is 0 Å². The summed E-state index contributed by atoms with van der Waals surface area (Å²) in [4.78, 5) is 11.0. The maximum atomic E-state index is 11.0. The van der Waals surface area contributed by atoms with Crippen LogP contribution in [0.4, 0.5) is 0 Å². The van der Waals surface area contributed by atoms with Crippen LogP contribution in [0.3, 0.4) is 0 Å². The topological polar surface area (TPSA) is 43.1 Å². The number of rotatable bonds is 2. The number of nitrogens with two attached hydrogens (primary N) is 1. The minimum absolute atomic E-state index is 0.0260. The monoisotopic (exact) mass is 227 g/mol. The number of benzene rings is 1. The van der Waals surface area contributed by atoms with Gasteiger partial charge in [0, 0.05) is 4.47 Å². The lowest BCUT2D eigenvalue weighted by Gasteiger charge is -2.09. The summed E-state index contributed by atoms with van der Waals surface area (Å²) in [6.45, 7) is 1.49. The van der Waals surface area contributed by atoms with Crippen LogP contribution < -0.4 is 5.73 Å². The van der Waals surface area contributed by atoms with Gasteiger partial charge in [-0.1, -0.05) is 34.1 Å². The summed E-state index contributed by atoms with van der Waals surface area (Å²) < 4.78 is 0.882. The molecule has 0 amide bonds. The first kappa shape index (κ1) is 9.42. The van der Waals surface area contributed by atoms with Crippen LogP contribution in [0.2, 0.25) is 0 Å². The van der Waals surface area contributed by atoms with Crippen LogP contribution in [0.1, 0.15) is 18.5 Å². The Balaban J connectivity index is 3.02. The fraction of sp³-hybridized carbons (Fsp3) is 0.222. The van der Waals surface area contributed by atoms with Crippen LogP contribution in [0, 0.1) is 0 Å². The summed E-state index contributed by atoms with van der Waals surface area (Å²) in [5.74, 6) is -0.0260. The molecule has 0 saturated carbocycles. The van der Waals surface area contributed by atoms with Gasteiger partial charge in [-0.3, -0.25) is 4.79 Å². The van der Waals surface area contributed by atoms with E-state index in [1.165, 1.54) is 6.92 Å². The molecule has 0 aliphatic carbocycles. The Labute approximate surface area is 79.9 Å². The van der Waals surface area contributed by atoms with Gasteiger partial charge < -0.3 is 5.73 Å². The molecule has 12 heavy (non-hydrogen) atoms. The Kier molecular flexibility index (Phi) is 3.00. The number of hydrogen-bond acceptors (Lipinski definition) is 2. The lowest BCUT2D eigenvalue weighted by atomic mass is 10.1. The van der Waals surface area contributed by atoms with Gasteiger partial charge in [0.25, 0.3) is 0 Å². The van der Waals surface area contributed by atoms with Gasteiger partial charge in [-0.2, -0.15) is 0 Å². The van der Waals surface area contributed by atoms with Crippen molar-refractivity contribution in [3.05, 3.63) is 34.3 Å². The highest BCUT2D eigenvalue weighted by Crippen LogP contribution is 2.21. The maximum absolute atomic E-state index is 11.0. The standard InChI is InChI=1S/C9H10BrNO/c1-6(12)9(11)7-4-2-3-5-8(7)10/h2-5,9H,11H2,1H3. The lowest BCUT2D eigenvalue weighted by molar-refractivity contribution is -0.118. The quantitative estimate of drug-likeness (QED) is 0.841. The third-order valence-corrected chi connectivity index (χ3v) is 2.40. The summed E-state index contributed by atoms with van der Waals surface area (Å²) in [5, 5.41) is 0. The zero-order valence-electron chi connectivity index (χ0n) is 6.75. The average Bonchev–Trinajstić information content (AvgIpc) is 2.04. The minimum Gasteiger partial charge on any atom is -0.318 e. The van der Waals surface area contributed by atoms with Gasteiger partial charge in [-0.05, 0) is 18.6 Å². The zero-order valence-corrected chi connectivity index (χ0v) is 8.34. The van der Waals surface area contributed by atoms with Crippen molar-refractivity contribution in [2.75, 3.05) is 0 Å². The van der Waals surface area contributed by atoms with E-state index in [1.807, 2.05) is 24.3 Å². The second-order valence-electron chi connectivity index (χ2n) is 2.61. The molecule has 2 N–H and O–H groups in total. The molecular formula is C9H10BrNO. The SMILES string of the molecule is CC(=O)C(N)c1ccccc1Br. The van der Waals surface area contributed by atoms with Gasteiger partial charge in [-0.15, -0.1) is 0 Å². The fourth-order valence-electron chi connectivity index (χ4n) is 0.946. The molecule has 0 aliphatic heterocycles. The molecular weight excluding hydrogens is 218 g/mol. The number of carbonyl (C=O) groups excluding carboxylic acids is 1.